The zero-order valence-electron chi connectivity index (χ0n) is 19.5. The van der Waals surface area contributed by atoms with Gasteiger partial charge in [0, 0.05) is 18.7 Å². The average molecular weight is 469 g/mol. The van der Waals surface area contributed by atoms with Gasteiger partial charge in [0.25, 0.3) is 11.8 Å². The molecule has 2 heterocycles. The van der Waals surface area contributed by atoms with Crippen LogP contribution in [0.15, 0.2) is 66.7 Å². The van der Waals surface area contributed by atoms with Gasteiger partial charge in [-0.25, -0.2) is 4.90 Å². The normalized spacial score (nSPS) is 17.2. The Hall–Kier alpha value is -4.26. The Kier molecular flexibility index (Phi) is 5.68. The number of hydrogen-bond acceptors (Lipinski definition) is 5. The first-order valence-electron chi connectivity index (χ1n) is 11.6. The second-order valence-corrected chi connectivity index (χ2v) is 8.79. The number of nitrogens with zero attached hydrogens (tertiary/aromatic N) is 2. The number of carbonyl (C=O) groups is 4. The third kappa shape index (κ3) is 3.99. The van der Waals surface area contributed by atoms with Gasteiger partial charge >= 0.3 is 5.97 Å². The summed E-state index contributed by atoms with van der Waals surface area (Å²) in [6, 6.07) is 19.2. The second kappa shape index (κ2) is 8.83. The number of anilines is 2. The Morgan fingerprint density at radius 2 is 1.60 bits per heavy atom. The number of rotatable bonds is 5. The van der Waals surface area contributed by atoms with E-state index in [0.29, 0.717) is 28.1 Å². The summed E-state index contributed by atoms with van der Waals surface area (Å²) in [4.78, 5) is 53.7. The van der Waals surface area contributed by atoms with Gasteiger partial charge in [0.1, 0.15) is 5.75 Å². The summed E-state index contributed by atoms with van der Waals surface area (Å²) in [5, 5.41) is 0. The smallest absolute Gasteiger partial charge is 0.316 e. The Bertz CT molecular complexity index is 1330. The van der Waals surface area contributed by atoms with Crippen LogP contribution >= 0.6 is 0 Å². The van der Waals surface area contributed by atoms with Gasteiger partial charge in [-0.1, -0.05) is 31.2 Å². The lowest BCUT2D eigenvalue weighted by Crippen LogP contribution is -2.30. The first-order valence-corrected chi connectivity index (χ1v) is 11.6. The van der Waals surface area contributed by atoms with Gasteiger partial charge in [0.2, 0.25) is 5.91 Å². The molecule has 0 unspecified atom stereocenters. The summed E-state index contributed by atoms with van der Waals surface area (Å²) < 4.78 is 5.58. The molecule has 0 saturated carbocycles. The van der Waals surface area contributed by atoms with E-state index in [1.54, 1.807) is 54.3 Å². The van der Waals surface area contributed by atoms with Crippen molar-refractivity contribution in [2.75, 3.05) is 16.3 Å². The zero-order chi connectivity index (χ0) is 24.7. The first kappa shape index (κ1) is 22.5. The highest BCUT2D eigenvalue weighted by atomic mass is 16.5. The molecule has 176 valence electrons. The molecule has 0 radical (unpaired) electrons. The average Bonchev–Trinajstić information content (AvgIpc) is 3.37. The van der Waals surface area contributed by atoms with Gasteiger partial charge in [0.15, 0.2) is 0 Å². The van der Waals surface area contributed by atoms with Crippen molar-refractivity contribution < 1.29 is 23.9 Å². The Labute approximate surface area is 202 Å². The minimum Gasteiger partial charge on any atom is -0.426 e. The molecule has 0 aromatic heterocycles. The molecule has 7 nitrogen and oxygen atoms in total. The largest absolute Gasteiger partial charge is 0.426 e. The molecule has 0 aliphatic carbocycles. The topological polar surface area (TPSA) is 84.0 Å². The Morgan fingerprint density at radius 3 is 2.20 bits per heavy atom. The molecule has 3 aromatic rings. The monoisotopic (exact) mass is 468 g/mol. The van der Waals surface area contributed by atoms with E-state index in [0.717, 1.165) is 17.0 Å². The van der Waals surface area contributed by atoms with Gasteiger partial charge in [-0.05, 0) is 66.9 Å². The van der Waals surface area contributed by atoms with E-state index in [4.69, 9.17) is 4.74 Å². The molecule has 0 bridgehead atoms. The summed E-state index contributed by atoms with van der Waals surface area (Å²) in [6.45, 7) is 4.07. The SMILES string of the molecule is CCc1ccc(N2C[C@H](C(=O)Oc3ccc(N4C(=O)c5ccccc5C4=O)c(C)c3)CC2=O)cc1. The van der Waals surface area contributed by atoms with Crippen molar-refractivity contribution in [2.24, 2.45) is 5.92 Å². The lowest BCUT2D eigenvalue weighted by molar-refractivity contribution is -0.139. The molecule has 0 spiro atoms. The van der Waals surface area contributed by atoms with Crippen molar-refractivity contribution in [2.45, 2.75) is 26.7 Å². The predicted molar refractivity (Wildman–Crippen MR) is 131 cm³/mol. The molecule has 7 heteroatoms. The number of amides is 3. The van der Waals surface area contributed by atoms with Crippen LogP contribution in [0, 0.1) is 12.8 Å². The summed E-state index contributed by atoms with van der Waals surface area (Å²) in [7, 11) is 0. The van der Waals surface area contributed by atoms with E-state index in [2.05, 4.69) is 6.92 Å². The Morgan fingerprint density at radius 1 is 0.943 bits per heavy atom. The number of esters is 1. The molecule has 2 aliphatic heterocycles. The second-order valence-electron chi connectivity index (χ2n) is 8.79. The van der Waals surface area contributed by atoms with Crippen LogP contribution in [-0.4, -0.2) is 30.2 Å². The van der Waals surface area contributed by atoms with Crippen molar-refractivity contribution in [3.8, 4) is 5.75 Å². The molecule has 1 atom stereocenters. The van der Waals surface area contributed by atoms with Gasteiger partial charge in [-0.2, -0.15) is 0 Å². The van der Waals surface area contributed by atoms with Gasteiger partial charge in [0.05, 0.1) is 22.7 Å². The number of benzene rings is 3. The van der Waals surface area contributed by atoms with Gasteiger partial charge in [-0.15, -0.1) is 0 Å². The molecule has 35 heavy (non-hydrogen) atoms. The zero-order valence-corrected chi connectivity index (χ0v) is 19.5. The number of ether oxygens (including phenoxy) is 1. The van der Waals surface area contributed by atoms with E-state index in [1.807, 2.05) is 24.3 Å². The molecule has 1 fully saturated rings. The molecule has 0 N–H and O–H groups in total. The lowest BCUT2D eigenvalue weighted by Gasteiger charge is -2.18. The van der Waals surface area contributed by atoms with Crippen LogP contribution in [0.25, 0.3) is 0 Å². The summed E-state index contributed by atoms with van der Waals surface area (Å²) in [5.41, 5.74) is 3.73. The van der Waals surface area contributed by atoms with E-state index >= 15 is 0 Å². The van der Waals surface area contributed by atoms with Crippen LogP contribution in [0.3, 0.4) is 0 Å². The van der Waals surface area contributed by atoms with Crippen LogP contribution in [0.1, 0.15) is 45.2 Å². The highest BCUT2D eigenvalue weighted by molar-refractivity contribution is 6.34. The lowest BCUT2D eigenvalue weighted by atomic mass is 10.1. The highest BCUT2D eigenvalue weighted by Gasteiger charge is 2.38. The summed E-state index contributed by atoms with van der Waals surface area (Å²) in [5.74, 6) is -1.65. The van der Waals surface area contributed by atoms with E-state index in [-0.39, 0.29) is 30.7 Å². The van der Waals surface area contributed by atoms with Crippen LogP contribution in [-0.2, 0) is 16.0 Å². The summed E-state index contributed by atoms with van der Waals surface area (Å²) >= 11 is 0. The number of fused-ring (bicyclic) bond motifs is 1. The maximum Gasteiger partial charge on any atom is 0.316 e. The molecule has 1 saturated heterocycles. The van der Waals surface area contributed by atoms with Crippen molar-refractivity contribution >= 4 is 35.1 Å². The van der Waals surface area contributed by atoms with Crippen LogP contribution in [0.4, 0.5) is 11.4 Å². The number of hydrogen-bond donors (Lipinski definition) is 0. The van der Waals surface area contributed by atoms with Crippen molar-refractivity contribution in [1.29, 1.82) is 0 Å². The quantitative estimate of drug-likeness (QED) is 0.316. The molecule has 5 rings (SSSR count). The summed E-state index contributed by atoms with van der Waals surface area (Å²) in [6.07, 6.45) is 0.995. The maximum atomic E-state index is 12.8. The molecular weight excluding hydrogens is 444 g/mol. The maximum absolute atomic E-state index is 12.8. The highest BCUT2D eigenvalue weighted by Crippen LogP contribution is 2.33. The van der Waals surface area contributed by atoms with Crippen LogP contribution < -0.4 is 14.5 Å². The van der Waals surface area contributed by atoms with Crippen LogP contribution in [0.5, 0.6) is 5.75 Å². The van der Waals surface area contributed by atoms with E-state index in [9.17, 15) is 19.2 Å². The molecule has 3 amide bonds. The van der Waals surface area contributed by atoms with Gasteiger partial charge < -0.3 is 9.64 Å². The fourth-order valence-electron chi connectivity index (χ4n) is 4.58. The van der Waals surface area contributed by atoms with Crippen molar-refractivity contribution in [3.05, 3.63) is 89.0 Å². The molecule has 3 aromatic carbocycles. The minimum absolute atomic E-state index is 0.0838. The Balaban J connectivity index is 1.29. The predicted octanol–water partition coefficient (Wildman–Crippen LogP) is 4.32. The fraction of sp³-hybridized carbons (Fsp3) is 0.214. The van der Waals surface area contributed by atoms with Crippen molar-refractivity contribution in [1.82, 2.24) is 0 Å². The number of aryl methyl sites for hydroxylation is 2. The third-order valence-corrected chi connectivity index (χ3v) is 6.54. The minimum atomic E-state index is -0.579. The first-order chi connectivity index (χ1) is 16.9. The van der Waals surface area contributed by atoms with Crippen molar-refractivity contribution in [3.63, 3.8) is 0 Å². The number of carbonyl (C=O) groups excluding carboxylic acids is 4. The van der Waals surface area contributed by atoms with E-state index < -0.39 is 11.9 Å². The number of imide groups is 1. The van der Waals surface area contributed by atoms with E-state index in [1.165, 1.54) is 5.56 Å². The fourth-order valence-corrected chi connectivity index (χ4v) is 4.58. The van der Waals surface area contributed by atoms with Crippen LogP contribution in [0.2, 0.25) is 0 Å². The standard InChI is InChI=1S/C28H24N2O5/c1-3-18-8-10-20(11-9-18)29-16-19(15-25(29)31)28(34)35-21-12-13-24(17(2)14-21)30-26(32)22-6-4-5-7-23(22)27(30)33/h4-14,19H,3,15-16H2,1-2H3/t19-/m1/s1. The molecular formula is C28H24N2O5. The van der Waals surface area contributed by atoms with Gasteiger partial charge in [-0.3, -0.25) is 19.2 Å². The third-order valence-electron chi connectivity index (χ3n) is 6.54. The molecule has 2 aliphatic rings.